The first-order valence-electron chi connectivity index (χ1n) is 4.58. The minimum Gasteiger partial charge on any atom is -0.388 e. The largest absolute Gasteiger partial charge is 0.388 e. The standard InChI is InChI=1S/C10H10BNO2/c1-12-10(14)8-5-3-2-4-7(8)9(13)6-11-12/h2-5,11H,6H2,1H3. The van der Waals surface area contributed by atoms with Crippen LogP contribution in [-0.4, -0.2) is 31.0 Å². The Morgan fingerprint density at radius 3 is 2.57 bits per heavy atom. The Morgan fingerprint density at radius 1 is 1.21 bits per heavy atom. The number of benzene rings is 1. The Kier molecular flexibility index (Phi) is 2.12. The zero-order valence-electron chi connectivity index (χ0n) is 7.99. The van der Waals surface area contributed by atoms with Crippen LogP contribution < -0.4 is 0 Å². The van der Waals surface area contributed by atoms with Crippen LogP contribution in [0, 0.1) is 0 Å². The molecule has 0 unspecified atom stereocenters. The maximum absolute atomic E-state index is 11.8. The molecular formula is C10H10BNO2. The fraction of sp³-hybridized carbons (Fsp3) is 0.200. The number of carbonyl (C=O) groups excluding carboxylic acids is 2. The molecule has 3 nitrogen and oxygen atoms in total. The number of ketones is 1. The van der Waals surface area contributed by atoms with E-state index in [-0.39, 0.29) is 11.7 Å². The van der Waals surface area contributed by atoms with Crippen molar-refractivity contribution in [2.24, 2.45) is 0 Å². The fourth-order valence-electron chi connectivity index (χ4n) is 1.62. The molecule has 0 atom stereocenters. The van der Waals surface area contributed by atoms with E-state index in [4.69, 9.17) is 0 Å². The number of rotatable bonds is 0. The van der Waals surface area contributed by atoms with Crippen LogP contribution in [-0.2, 0) is 0 Å². The second-order valence-corrected chi connectivity index (χ2v) is 3.45. The predicted molar refractivity (Wildman–Crippen MR) is 54.8 cm³/mol. The molecular weight excluding hydrogens is 177 g/mol. The first-order chi connectivity index (χ1) is 6.70. The maximum Gasteiger partial charge on any atom is 0.247 e. The number of fused-ring (bicyclic) bond motifs is 1. The van der Waals surface area contributed by atoms with E-state index < -0.39 is 0 Å². The van der Waals surface area contributed by atoms with E-state index in [1.165, 1.54) is 0 Å². The molecule has 0 fully saturated rings. The molecule has 70 valence electrons. The van der Waals surface area contributed by atoms with Crippen molar-refractivity contribution in [2.45, 2.75) is 6.32 Å². The van der Waals surface area contributed by atoms with Crippen molar-refractivity contribution in [2.75, 3.05) is 7.05 Å². The molecule has 0 aromatic heterocycles. The molecule has 0 N–H and O–H groups in total. The van der Waals surface area contributed by atoms with Gasteiger partial charge in [-0.05, 0) is 13.1 Å². The molecule has 0 saturated carbocycles. The molecule has 1 amide bonds. The summed E-state index contributed by atoms with van der Waals surface area (Å²) >= 11 is 0. The van der Waals surface area contributed by atoms with Gasteiger partial charge in [0.2, 0.25) is 13.3 Å². The summed E-state index contributed by atoms with van der Waals surface area (Å²) in [5, 5.41) is 0. The van der Waals surface area contributed by atoms with Gasteiger partial charge < -0.3 is 4.81 Å². The Balaban J connectivity index is 2.57. The Morgan fingerprint density at radius 2 is 1.86 bits per heavy atom. The van der Waals surface area contributed by atoms with Crippen LogP contribution in [0.3, 0.4) is 0 Å². The van der Waals surface area contributed by atoms with E-state index in [1.807, 2.05) is 0 Å². The van der Waals surface area contributed by atoms with Gasteiger partial charge in [0, 0.05) is 17.4 Å². The van der Waals surface area contributed by atoms with E-state index in [0.717, 1.165) is 0 Å². The van der Waals surface area contributed by atoms with Gasteiger partial charge in [0.15, 0.2) is 5.78 Å². The lowest BCUT2D eigenvalue weighted by Gasteiger charge is -2.12. The molecule has 1 aliphatic heterocycles. The molecule has 1 heterocycles. The van der Waals surface area contributed by atoms with Crippen LogP contribution in [0.4, 0.5) is 0 Å². The Labute approximate surface area is 83.0 Å². The first kappa shape index (κ1) is 9.00. The summed E-state index contributed by atoms with van der Waals surface area (Å²) in [5.41, 5.74) is 1.08. The summed E-state index contributed by atoms with van der Waals surface area (Å²) in [6, 6.07) is 6.99. The maximum atomic E-state index is 11.8. The topological polar surface area (TPSA) is 37.4 Å². The minimum absolute atomic E-state index is 0.0540. The number of hydrogen-bond acceptors (Lipinski definition) is 2. The van der Waals surface area contributed by atoms with Crippen LogP contribution >= 0.6 is 0 Å². The summed E-state index contributed by atoms with van der Waals surface area (Å²) in [6.45, 7) is 0. The van der Waals surface area contributed by atoms with Crippen molar-refractivity contribution in [3.05, 3.63) is 35.4 Å². The highest BCUT2D eigenvalue weighted by atomic mass is 16.2. The second-order valence-electron chi connectivity index (χ2n) is 3.45. The highest BCUT2D eigenvalue weighted by molar-refractivity contribution is 6.46. The normalized spacial score (nSPS) is 15.9. The minimum atomic E-state index is -0.0635. The van der Waals surface area contributed by atoms with Gasteiger partial charge in [0.05, 0.1) is 0 Å². The van der Waals surface area contributed by atoms with Gasteiger partial charge in [-0.25, -0.2) is 0 Å². The quantitative estimate of drug-likeness (QED) is 0.561. The molecule has 1 aromatic carbocycles. The van der Waals surface area contributed by atoms with Crippen LogP contribution in [0.15, 0.2) is 24.3 Å². The van der Waals surface area contributed by atoms with Crippen LogP contribution in [0.5, 0.6) is 0 Å². The number of Topliss-reactive ketones (excluding diaryl/α,β-unsaturated/α-hetero) is 1. The lowest BCUT2D eigenvalue weighted by Crippen LogP contribution is -2.28. The average molecular weight is 187 g/mol. The van der Waals surface area contributed by atoms with Gasteiger partial charge in [-0.1, -0.05) is 18.2 Å². The molecule has 0 saturated heterocycles. The molecule has 0 bridgehead atoms. The second kappa shape index (κ2) is 3.29. The SMILES string of the molecule is CN1BCC(=O)c2ccccc2C1=O. The van der Waals surface area contributed by atoms with Crippen molar-refractivity contribution in [1.29, 1.82) is 0 Å². The van der Waals surface area contributed by atoms with Gasteiger partial charge in [-0.3, -0.25) is 9.59 Å². The van der Waals surface area contributed by atoms with Crippen LogP contribution in [0.1, 0.15) is 20.7 Å². The van der Waals surface area contributed by atoms with Gasteiger partial charge in [-0.15, -0.1) is 0 Å². The third kappa shape index (κ3) is 1.33. The van der Waals surface area contributed by atoms with Crippen molar-refractivity contribution in [1.82, 2.24) is 4.81 Å². The zero-order chi connectivity index (χ0) is 10.1. The van der Waals surface area contributed by atoms with Crippen LogP contribution in [0.2, 0.25) is 6.32 Å². The monoisotopic (exact) mass is 187 g/mol. The highest BCUT2D eigenvalue weighted by Gasteiger charge is 2.24. The van der Waals surface area contributed by atoms with E-state index in [9.17, 15) is 9.59 Å². The fourth-order valence-corrected chi connectivity index (χ4v) is 1.62. The predicted octanol–water partition coefficient (Wildman–Crippen LogP) is 0.725. The lowest BCUT2D eigenvalue weighted by atomic mass is 9.84. The summed E-state index contributed by atoms with van der Waals surface area (Å²) in [6.07, 6.45) is 0.416. The van der Waals surface area contributed by atoms with Gasteiger partial charge >= 0.3 is 0 Å². The molecule has 4 heteroatoms. The summed E-state index contributed by atoms with van der Waals surface area (Å²) in [7, 11) is 2.23. The van der Waals surface area contributed by atoms with E-state index >= 15 is 0 Å². The number of amides is 1. The van der Waals surface area contributed by atoms with Gasteiger partial charge in [0.25, 0.3) is 0 Å². The van der Waals surface area contributed by atoms with Crippen LogP contribution in [0.25, 0.3) is 0 Å². The smallest absolute Gasteiger partial charge is 0.247 e. The Bertz CT molecular complexity index is 403. The Hall–Kier alpha value is -1.58. The molecule has 14 heavy (non-hydrogen) atoms. The molecule has 0 aliphatic carbocycles. The van der Waals surface area contributed by atoms with E-state index in [1.54, 1.807) is 36.1 Å². The van der Waals surface area contributed by atoms with Crippen molar-refractivity contribution in [3.8, 4) is 0 Å². The van der Waals surface area contributed by atoms with Crippen molar-refractivity contribution in [3.63, 3.8) is 0 Å². The van der Waals surface area contributed by atoms with Crippen molar-refractivity contribution < 1.29 is 9.59 Å². The molecule has 0 radical (unpaired) electrons. The third-order valence-corrected chi connectivity index (χ3v) is 2.48. The zero-order valence-corrected chi connectivity index (χ0v) is 7.99. The first-order valence-corrected chi connectivity index (χ1v) is 4.58. The van der Waals surface area contributed by atoms with Gasteiger partial charge in [-0.2, -0.15) is 0 Å². The molecule has 0 spiro atoms. The summed E-state index contributed by atoms with van der Waals surface area (Å²) in [4.78, 5) is 25.0. The third-order valence-electron chi connectivity index (χ3n) is 2.48. The van der Waals surface area contributed by atoms with E-state index in [2.05, 4.69) is 0 Å². The number of nitrogens with zero attached hydrogens (tertiary/aromatic N) is 1. The molecule has 2 rings (SSSR count). The summed E-state index contributed by atoms with van der Waals surface area (Å²) < 4.78 is 0. The number of hydrogen-bond donors (Lipinski definition) is 0. The highest BCUT2D eigenvalue weighted by Crippen LogP contribution is 2.16. The molecule has 1 aliphatic rings. The lowest BCUT2D eigenvalue weighted by molar-refractivity contribution is 0.0880. The van der Waals surface area contributed by atoms with Gasteiger partial charge in [0.1, 0.15) is 0 Å². The molecule has 1 aromatic rings. The summed E-state index contributed by atoms with van der Waals surface area (Å²) in [5.74, 6) is -0.00949. The van der Waals surface area contributed by atoms with Crippen molar-refractivity contribution >= 4 is 19.1 Å². The average Bonchev–Trinajstić information content (AvgIpc) is 2.33. The van der Waals surface area contributed by atoms with E-state index in [0.29, 0.717) is 24.9 Å². The number of carbonyl (C=O) groups is 2.